The van der Waals surface area contributed by atoms with Crippen LogP contribution in [0.4, 0.5) is 5.69 Å². The van der Waals surface area contributed by atoms with E-state index in [2.05, 4.69) is 10.2 Å². The molecule has 14 heavy (non-hydrogen) atoms. The summed E-state index contributed by atoms with van der Waals surface area (Å²) in [7, 11) is 2.02. The van der Waals surface area contributed by atoms with Gasteiger partial charge in [0.2, 0.25) is 0 Å². The zero-order valence-corrected chi connectivity index (χ0v) is 8.40. The Morgan fingerprint density at radius 3 is 2.71 bits per heavy atom. The van der Waals surface area contributed by atoms with Crippen LogP contribution in [-0.2, 0) is 0 Å². The van der Waals surface area contributed by atoms with Gasteiger partial charge < -0.3 is 15.3 Å². The van der Waals surface area contributed by atoms with Gasteiger partial charge in [0.15, 0.2) is 0 Å². The van der Waals surface area contributed by atoms with Gasteiger partial charge in [0.1, 0.15) is 5.75 Å². The molecule has 1 aliphatic rings. The van der Waals surface area contributed by atoms with E-state index in [-0.39, 0.29) is 0 Å². The number of phenols is 1. The summed E-state index contributed by atoms with van der Waals surface area (Å²) in [5.74, 6) is 1.09. The average molecular weight is 192 g/mol. The summed E-state index contributed by atoms with van der Waals surface area (Å²) in [6.07, 6.45) is 0. The zero-order valence-electron chi connectivity index (χ0n) is 8.40. The molecule has 0 bridgehead atoms. The predicted molar refractivity (Wildman–Crippen MR) is 57.7 cm³/mol. The number of benzene rings is 1. The van der Waals surface area contributed by atoms with E-state index in [0.29, 0.717) is 5.75 Å². The van der Waals surface area contributed by atoms with Crippen LogP contribution in [0.15, 0.2) is 24.3 Å². The second kappa shape index (κ2) is 3.88. The Hall–Kier alpha value is -1.22. The second-order valence-corrected chi connectivity index (χ2v) is 3.89. The molecule has 1 fully saturated rings. The van der Waals surface area contributed by atoms with E-state index < -0.39 is 0 Å². The minimum Gasteiger partial charge on any atom is -0.506 e. The molecule has 1 aromatic rings. The number of rotatable bonds is 3. The van der Waals surface area contributed by atoms with Crippen LogP contribution in [0.1, 0.15) is 0 Å². The molecule has 1 aliphatic heterocycles. The van der Waals surface area contributed by atoms with Crippen molar-refractivity contribution in [1.29, 1.82) is 0 Å². The molecular weight excluding hydrogens is 176 g/mol. The maximum atomic E-state index is 9.63. The van der Waals surface area contributed by atoms with Crippen LogP contribution in [0, 0.1) is 5.92 Å². The highest BCUT2D eigenvalue weighted by molar-refractivity contribution is 5.56. The molecule has 0 radical (unpaired) electrons. The Bertz CT molecular complexity index is 310. The molecule has 1 aromatic carbocycles. The van der Waals surface area contributed by atoms with Crippen molar-refractivity contribution in [3.63, 3.8) is 0 Å². The van der Waals surface area contributed by atoms with E-state index in [4.69, 9.17) is 0 Å². The summed E-state index contributed by atoms with van der Waals surface area (Å²) in [5, 5.41) is 12.9. The van der Waals surface area contributed by atoms with Crippen LogP contribution in [0.2, 0.25) is 0 Å². The van der Waals surface area contributed by atoms with Gasteiger partial charge >= 0.3 is 0 Å². The first kappa shape index (κ1) is 9.34. The number of hydrogen-bond acceptors (Lipinski definition) is 3. The molecule has 0 unspecified atom stereocenters. The van der Waals surface area contributed by atoms with Crippen LogP contribution in [-0.4, -0.2) is 31.8 Å². The molecule has 3 nitrogen and oxygen atoms in total. The van der Waals surface area contributed by atoms with Crippen molar-refractivity contribution < 1.29 is 5.11 Å². The molecule has 0 aliphatic carbocycles. The standard InChI is InChI=1S/C11H16N2O/c1-13(8-9-6-12-7-9)10-4-2-3-5-11(10)14/h2-5,9,12,14H,6-8H2,1H3. The first-order chi connectivity index (χ1) is 6.77. The van der Waals surface area contributed by atoms with Crippen molar-refractivity contribution in [3.8, 4) is 5.75 Å². The van der Waals surface area contributed by atoms with Gasteiger partial charge in [0, 0.05) is 32.6 Å². The fraction of sp³-hybridized carbons (Fsp3) is 0.455. The van der Waals surface area contributed by atoms with Gasteiger partial charge in [0.25, 0.3) is 0 Å². The Kier molecular flexibility index (Phi) is 2.59. The molecule has 3 heteroatoms. The maximum absolute atomic E-state index is 9.63. The smallest absolute Gasteiger partial charge is 0.138 e. The largest absolute Gasteiger partial charge is 0.506 e. The van der Waals surface area contributed by atoms with E-state index in [1.807, 2.05) is 25.2 Å². The van der Waals surface area contributed by atoms with Crippen molar-refractivity contribution in [2.45, 2.75) is 0 Å². The van der Waals surface area contributed by atoms with E-state index in [1.165, 1.54) is 0 Å². The molecule has 2 rings (SSSR count). The highest BCUT2D eigenvalue weighted by atomic mass is 16.3. The zero-order chi connectivity index (χ0) is 9.97. The number of hydrogen-bond donors (Lipinski definition) is 2. The Morgan fingerprint density at radius 1 is 1.43 bits per heavy atom. The summed E-state index contributed by atoms with van der Waals surface area (Å²) < 4.78 is 0. The number of phenolic OH excluding ortho intramolecular Hbond substituents is 1. The molecule has 2 N–H and O–H groups in total. The molecule has 0 atom stereocenters. The SMILES string of the molecule is CN(CC1CNC1)c1ccccc1O. The number of nitrogens with one attached hydrogen (secondary N) is 1. The first-order valence-corrected chi connectivity index (χ1v) is 4.97. The van der Waals surface area contributed by atoms with Crippen molar-refractivity contribution >= 4 is 5.69 Å². The van der Waals surface area contributed by atoms with Gasteiger partial charge in [-0.3, -0.25) is 0 Å². The summed E-state index contributed by atoms with van der Waals surface area (Å²) >= 11 is 0. The van der Waals surface area contributed by atoms with Gasteiger partial charge in [-0.1, -0.05) is 12.1 Å². The third-order valence-corrected chi connectivity index (χ3v) is 2.69. The fourth-order valence-corrected chi connectivity index (χ4v) is 1.75. The molecule has 0 aromatic heterocycles. The lowest BCUT2D eigenvalue weighted by atomic mass is 10.0. The van der Waals surface area contributed by atoms with Crippen molar-refractivity contribution in [3.05, 3.63) is 24.3 Å². The second-order valence-electron chi connectivity index (χ2n) is 3.89. The Labute approximate surface area is 84.4 Å². The number of para-hydroxylation sites is 2. The van der Waals surface area contributed by atoms with E-state index >= 15 is 0 Å². The minimum absolute atomic E-state index is 0.363. The summed E-state index contributed by atoms with van der Waals surface area (Å²) in [6.45, 7) is 3.19. The topological polar surface area (TPSA) is 35.5 Å². The average Bonchev–Trinajstić information content (AvgIpc) is 2.12. The van der Waals surface area contributed by atoms with Gasteiger partial charge in [-0.2, -0.15) is 0 Å². The van der Waals surface area contributed by atoms with E-state index in [1.54, 1.807) is 6.07 Å². The van der Waals surface area contributed by atoms with Crippen LogP contribution < -0.4 is 10.2 Å². The molecule has 0 saturated carbocycles. The van der Waals surface area contributed by atoms with Crippen LogP contribution in [0.3, 0.4) is 0 Å². The van der Waals surface area contributed by atoms with Crippen molar-refractivity contribution in [2.75, 3.05) is 31.6 Å². The normalized spacial score (nSPS) is 16.4. The number of nitrogens with zero attached hydrogens (tertiary/aromatic N) is 1. The lowest BCUT2D eigenvalue weighted by Gasteiger charge is -2.32. The van der Waals surface area contributed by atoms with E-state index in [0.717, 1.165) is 31.2 Å². The number of aromatic hydroxyl groups is 1. The molecule has 76 valence electrons. The van der Waals surface area contributed by atoms with Crippen LogP contribution >= 0.6 is 0 Å². The Morgan fingerprint density at radius 2 is 2.14 bits per heavy atom. The van der Waals surface area contributed by atoms with Crippen molar-refractivity contribution in [1.82, 2.24) is 5.32 Å². The lowest BCUT2D eigenvalue weighted by Crippen LogP contribution is -2.47. The van der Waals surface area contributed by atoms with E-state index in [9.17, 15) is 5.11 Å². The molecular formula is C11H16N2O. The van der Waals surface area contributed by atoms with Crippen LogP contribution in [0.25, 0.3) is 0 Å². The number of anilines is 1. The monoisotopic (exact) mass is 192 g/mol. The van der Waals surface area contributed by atoms with Gasteiger partial charge in [-0.15, -0.1) is 0 Å². The third-order valence-electron chi connectivity index (χ3n) is 2.69. The molecule has 0 amide bonds. The molecule has 1 saturated heterocycles. The maximum Gasteiger partial charge on any atom is 0.138 e. The van der Waals surface area contributed by atoms with Gasteiger partial charge in [-0.05, 0) is 12.1 Å². The summed E-state index contributed by atoms with van der Waals surface area (Å²) in [4.78, 5) is 2.11. The molecule has 1 heterocycles. The third kappa shape index (κ3) is 1.82. The lowest BCUT2D eigenvalue weighted by molar-refractivity contribution is 0.352. The van der Waals surface area contributed by atoms with Crippen molar-refractivity contribution in [2.24, 2.45) is 5.92 Å². The highest BCUT2D eigenvalue weighted by Crippen LogP contribution is 2.26. The Balaban J connectivity index is 2.02. The predicted octanol–water partition coefficient (Wildman–Crippen LogP) is 1.05. The minimum atomic E-state index is 0.363. The highest BCUT2D eigenvalue weighted by Gasteiger charge is 2.19. The van der Waals surface area contributed by atoms with Crippen LogP contribution in [0.5, 0.6) is 5.75 Å². The molecule has 0 spiro atoms. The summed E-state index contributed by atoms with van der Waals surface area (Å²) in [5.41, 5.74) is 0.916. The summed E-state index contributed by atoms with van der Waals surface area (Å²) in [6, 6.07) is 7.47. The quantitative estimate of drug-likeness (QED) is 0.751. The fourth-order valence-electron chi connectivity index (χ4n) is 1.75. The van der Waals surface area contributed by atoms with Gasteiger partial charge in [0.05, 0.1) is 5.69 Å². The van der Waals surface area contributed by atoms with Gasteiger partial charge in [-0.25, -0.2) is 0 Å². The first-order valence-electron chi connectivity index (χ1n) is 4.97.